The molecule has 0 fully saturated rings. The number of aryl methyl sites for hydroxylation is 1. The van der Waals surface area contributed by atoms with Gasteiger partial charge in [0, 0.05) is 21.2 Å². The maximum Gasteiger partial charge on any atom is 0.275 e. The molecule has 1 amide bonds. The molecule has 0 aliphatic heterocycles. The first-order chi connectivity index (χ1) is 9.10. The van der Waals surface area contributed by atoms with Gasteiger partial charge in [0.05, 0.1) is 4.88 Å². The molecule has 1 aromatic heterocycles. The number of nitrogens with two attached hydrogens (primary N) is 2. The number of rotatable bonds is 4. The van der Waals surface area contributed by atoms with E-state index in [4.69, 9.17) is 11.6 Å². The van der Waals surface area contributed by atoms with Gasteiger partial charge in [0.25, 0.3) is 5.91 Å². The van der Waals surface area contributed by atoms with Crippen molar-refractivity contribution in [3.05, 3.63) is 45.6 Å². The van der Waals surface area contributed by atoms with E-state index in [1.165, 1.54) is 11.3 Å². The summed E-state index contributed by atoms with van der Waals surface area (Å²) >= 11 is 3.18. The number of amides is 1. The topological polar surface area (TPSA) is 81.1 Å². The van der Waals surface area contributed by atoms with E-state index < -0.39 is 0 Å². The Morgan fingerprint density at radius 3 is 2.68 bits per heavy atom. The molecule has 100 valence electrons. The van der Waals surface area contributed by atoms with Crippen molar-refractivity contribution in [1.82, 2.24) is 5.43 Å². The second-order valence-electron chi connectivity index (χ2n) is 4.02. The van der Waals surface area contributed by atoms with E-state index in [-0.39, 0.29) is 5.91 Å². The van der Waals surface area contributed by atoms with Crippen LogP contribution in [0.1, 0.15) is 20.1 Å². The summed E-state index contributed by atoms with van der Waals surface area (Å²) in [6, 6.07) is 9.66. The average molecular weight is 293 g/mol. The quantitative estimate of drug-likeness (QED) is 0.266. The summed E-state index contributed by atoms with van der Waals surface area (Å²) < 4.78 is 0. The molecule has 2 aromatic rings. The second-order valence-corrected chi connectivity index (χ2v) is 6.33. The SMILES string of the molecule is Cc1sc(C(=O)NN)cc1CSc1ccc(N)cc1. The summed E-state index contributed by atoms with van der Waals surface area (Å²) in [6.07, 6.45) is 0. The maximum absolute atomic E-state index is 11.4. The average Bonchev–Trinajstić information content (AvgIpc) is 2.79. The van der Waals surface area contributed by atoms with Gasteiger partial charge in [0.15, 0.2) is 0 Å². The predicted molar refractivity (Wildman–Crippen MR) is 81.1 cm³/mol. The zero-order valence-corrected chi connectivity index (χ0v) is 12.1. The Labute approximate surface area is 120 Å². The Hall–Kier alpha value is -1.50. The van der Waals surface area contributed by atoms with E-state index in [1.54, 1.807) is 11.8 Å². The molecule has 0 radical (unpaired) electrons. The van der Waals surface area contributed by atoms with Crippen LogP contribution in [0.3, 0.4) is 0 Å². The van der Waals surface area contributed by atoms with Crippen LogP contribution in [0.4, 0.5) is 5.69 Å². The van der Waals surface area contributed by atoms with E-state index in [0.29, 0.717) is 4.88 Å². The largest absolute Gasteiger partial charge is 0.399 e. The van der Waals surface area contributed by atoms with Crippen molar-refractivity contribution < 1.29 is 4.79 Å². The lowest BCUT2D eigenvalue weighted by Gasteiger charge is -2.01. The number of hydrogen-bond acceptors (Lipinski definition) is 5. The van der Waals surface area contributed by atoms with Gasteiger partial charge in [-0.25, -0.2) is 5.84 Å². The van der Waals surface area contributed by atoms with Crippen LogP contribution in [0.2, 0.25) is 0 Å². The number of nitrogens with one attached hydrogen (secondary N) is 1. The number of thiophene rings is 1. The van der Waals surface area contributed by atoms with Crippen LogP contribution >= 0.6 is 23.1 Å². The minimum atomic E-state index is -0.239. The van der Waals surface area contributed by atoms with E-state index in [1.807, 2.05) is 37.3 Å². The van der Waals surface area contributed by atoms with Gasteiger partial charge in [-0.3, -0.25) is 10.2 Å². The number of carbonyl (C=O) groups excluding carboxylic acids is 1. The van der Waals surface area contributed by atoms with Gasteiger partial charge in [-0.1, -0.05) is 0 Å². The highest BCUT2D eigenvalue weighted by atomic mass is 32.2. The van der Waals surface area contributed by atoms with Crippen LogP contribution < -0.4 is 17.0 Å². The molecular formula is C13H15N3OS2. The first-order valence-electron chi connectivity index (χ1n) is 5.68. The number of nitrogen functional groups attached to an aromatic ring is 2. The molecule has 2 rings (SSSR count). The summed E-state index contributed by atoms with van der Waals surface area (Å²) in [5.41, 5.74) is 9.72. The van der Waals surface area contributed by atoms with Crippen molar-refractivity contribution in [3.63, 3.8) is 0 Å². The fraction of sp³-hybridized carbons (Fsp3) is 0.154. The minimum absolute atomic E-state index is 0.239. The summed E-state index contributed by atoms with van der Waals surface area (Å²) in [5.74, 6) is 5.72. The Morgan fingerprint density at radius 1 is 1.37 bits per heavy atom. The third kappa shape index (κ3) is 3.50. The van der Waals surface area contributed by atoms with Crippen molar-refractivity contribution >= 4 is 34.7 Å². The van der Waals surface area contributed by atoms with Crippen molar-refractivity contribution in [2.75, 3.05) is 5.73 Å². The summed E-state index contributed by atoms with van der Waals surface area (Å²) in [6.45, 7) is 2.01. The molecular weight excluding hydrogens is 278 g/mol. The van der Waals surface area contributed by atoms with Crippen molar-refractivity contribution in [1.29, 1.82) is 0 Å². The van der Waals surface area contributed by atoms with Gasteiger partial charge in [-0.15, -0.1) is 23.1 Å². The zero-order valence-electron chi connectivity index (χ0n) is 10.5. The standard InChI is InChI=1S/C13H15N3OS2/c1-8-9(6-12(19-8)13(17)16-15)7-18-11-4-2-10(14)3-5-11/h2-6H,7,14-15H2,1H3,(H,16,17). The molecule has 6 heteroatoms. The number of hydrogen-bond donors (Lipinski definition) is 3. The Balaban J connectivity index is 2.05. The molecule has 1 heterocycles. The highest BCUT2D eigenvalue weighted by molar-refractivity contribution is 7.98. The molecule has 4 nitrogen and oxygen atoms in total. The summed E-state index contributed by atoms with van der Waals surface area (Å²) in [4.78, 5) is 14.4. The third-order valence-corrected chi connectivity index (χ3v) is 4.80. The first-order valence-corrected chi connectivity index (χ1v) is 7.49. The number of carbonyl (C=O) groups is 1. The number of benzene rings is 1. The fourth-order valence-electron chi connectivity index (χ4n) is 1.57. The van der Waals surface area contributed by atoms with Gasteiger partial charge >= 0.3 is 0 Å². The maximum atomic E-state index is 11.4. The molecule has 0 bridgehead atoms. The van der Waals surface area contributed by atoms with Gasteiger partial charge < -0.3 is 5.73 Å². The molecule has 1 aromatic carbocycles. The molecule has 0 atom stereocenters. The highest BCUT2D eigenvalue weighted by Crippen LogP contribution is 2.29. The van der Waals surface area contributed by atoms with Crippen molar-refractivity contribution in [2.45, 2.75) is 17.6 Å². The highest BCUT2D eigenvalue weighted by Gasteiger charge is 2.11. The lowest BCUT2D eigenvalue weighted by Crippen LogP contribution is -2.29. The fourth-order valence-corrected chi connectivity index (χ4v) is 3.56. The third-order valence-electron chi connectivity index (χ3n) is 2.65. The van der Waals surface area contributed by atoms with E-state index in [9.17, 15) is 4.79 Å². The zero-order chi connectivity index (χ0) is 13.8. The molecule has 5 N–H and O–H groups in total. The Morgan fingerprint density at radius 2 is 2.05 bits per heavy atom. The molecule has 0 saturated carbocycles. The smallest absolute Gasteiger partial charge is 0.275 e. The lowest BCUT2D eigenvalue weighted by molar-refractivity contribution is 0.0957. The first kappa shape index (κ1) is 13.9. The van der Waals surface area contributed by atoms with Crippen LogP contribution in [-0.2, 0) is 5.75 Å². The van der Waals surface area contributed by atoms with Gasteiger partial charge in [-0.2, -0.15) is 0 Å². The minimum Gasteiger partial charge on any atom is -0.399 e. The van der Waals surface area contributed by atoms with E-state index >= 15 is 0 Å². The van der Waals surface area contributed by atoms with E-state index in [2.05, 4.69) is 5.43 Å². The number of hydrazine groups is 1. The van der Waals surface area contributed by atoms with Crippen LogP contribution in [0, 0.1) is 6.92 Å². The monoisotopic (exact) mass is 293 g/mol. The second kappa shape index (κ2) is 6.10. The molecule has 0 aliphatic carbocycles. The Bertz CT molecular complexity index is 578. The Kier molecular flexibility index (Phi) is 4.47. The van der Waals surface area contributed by atoms with Crippen molar-refractivity contribution in [2.24, 2.45) is 5.84 Å². The molecule has 0 spiro atoms. The number of thioether (sulfide) groups is 1. The summed E-state index contributed by atoms with van der Waals surface area (Å²) in [7, 11) is 0. The van der Waals surface area contributed by atoms with Crippen LogP contribution in [0.25, 0.3) is 0 Å². The number of anilines is 1. The van der Waals surface area contributed by atoms with Crippen LogP contribution in [-0.4, -0.2) is 5.91 Å². The van der Waals surface area contributed by atoms with E-state index in [0.717, 1.165) is 26.8 Å². The molecule has 0 saturated heterocycles. The lowest BCUT2D eigenvalue weighted by atomic mass is 10.3. The van der Waals surface area contributed by atoms with Gasteiger partial charge in [0.1, 0.15) is 0 Å². The predicted octanol–water partition coefficient (Wildman–Crippen LogP) is 2.53. The molecule has 19 heavy (non-hydrogen) atoms. The normalized spacial score (nSPS) is 10.4. The van der Waals surface area contributed by atoms with Crippen LogP contribution in [0.15, 0.2) is 35.2 Å². The van der Waals surface area contributed by atoms with Gasteiger partial charge in [0.2, 0.25) is 0 Å². The molecule has 0 aliphatic rings. The van der Waals surface area contributed by atoms with Crippen LogP contribution in [0.5, 0.6) is 0 Å². The summed E-state index contributed by atoms with van der Waals surface area (Å²) in [5, 5.41) is 0. The molecule has 0 unspecified atom stereocenters. The van der Waals surface area contributed by atoms with Gasteiger partial charge in [-0.05, 0) is 42.8 Å². The van der Waals surface area contributed by atoms with Crippen molar-refractivity contribution in [3.8, 4) is 0 Å².